The molecule has 0 unspecified atom stereocenters. The summed E-state index contributed by atoms with van der Waals surface area (Å²) in [5.41, 5.74) is 1.52. The summed E-state index contributed by atoms with van der Waals surface area (Å²) in [5, 5.41) is 1.96. The standard InChI is InChI=1S/C16H14O4S/c1-11-9-10-21-14(11)7-8-15(17)20-13-5-3-12(4-6-13)16(18)19-2/h3-10H,1-2H3/b8-7+. The maximum Gasteiger partial charge on any atom is 0.337 e. The van der Waals surface area contributed by atoms with Gasteiger partial charge in [-0.1, -0.05) is 0 Å². The summed E-state index contributed by atoms with van der Waals surface area (Å²) >= 11 is 1.56. The number of ether oxygens (including phenoxy) is 2. The van der Waals surface area contributed by atoms with Crippen LogP contribution < -0.4 is 4.74 Å². The van der Waals surface area contributed by atoms with Crippen LogP contribution in [0.15, 0.2) is 41.8 Å². The minimum atomic E-state index is -0.464. The maximum absolute atomic E-state index is 11.7. The summed E-state index contributed by atoms with van der Waals surface area (Å²) in [6.45, 7) is 1.98. The zero-order chi connectivity index (χ0) is 15.2. The molecule has 5 heteroatoms. The van der Waals surface area contributed by atoms with Crippen LogP contribution in [0, 0.1) is 6.92 Å². The second-order valence-electron chi connectivity index (χ2n) is 4.24. The van der Waals surface area contributed by atoms with E-state index in [4.69, 9.17) is 4.74 Å². The van der Waals surface area contributed by atoms with Crippen molar-refractivity contribution >= 4 is 29.4 Å². The molecule has 4 nitrogen and oxygen atoms in total. The van der Waals surface area contributed by atoms with Gasteiger partial charge in [0, 0.05) is 11.0 Å². The van der Waals surface area contributed by atoms with Crippen LogP contribution in [-0.2, 0) is 9.53 Å². The zero-order valence-electron chi connectivity index (χ0n) is 11.7. The number of esters is 2. The van der Waals surface area contributed by atoms with Gasteiger partial charge in [0.2, 0.25) is 0 Å². The molecule has 0 saturated carbocycles. The minimum absolute atomic E-state index is 0.375. The Bertz CT molecular complexity index is 668. The van der Waals surface area contributed by atoms with Crippen LogP contribution in [0.2, 0.25) is 0 Å². The number of hydrogen-bond donors (Lipinski definition) is 0. The average Bonchev–Trinajstić information content (AvgIpc) is 2.90. The van der Waals surface area contributed by atoms with Gasteiger partial charge in [0.15, 0.2) is 0 Å². The molecule has 0 atom stereocenters. The average molecular weight is 302 g/mol. The molecule has 0 N–H and O–H groups in total. The molecule has 0 aliphatic carbocycles. The van der Waals surface area contributed by atoms with E-state index in [9.17, 15) is 9.59 Å². The number of benzene rings is 1. The van der Waals surface area contributed by atoms with Crippen molar-refractivity contribution in [1.82, 2.24) is 0 Å². The summed E-state index contributed by atoms with van der Waals surface area (Å²) in [5.74, 6) is -0.519. The first-order valence-electron chi connectivity index (χ1n) is 6.22. The Balaban J connectivity index is 1.98. The molecule has 0 saturated heterocycles. The van der Waals surface area contributed by atoms with Gasteiger partial charge in [0.05, 0.1) is 12.7 Å². The molecule has 1 aromatic carbocycles. The lowest BCUT2D eigenvalue weighted by molar-refractivity contribution is -0.128. The van der Waals surface area contributed by atoms with Gasteiger partial charge in [-0.3, -0.25) is 0 Å². The molecule has 0 amide bonds. The molecule has 0 bridgehead atoms. The fraction of sp³-hybridized carbons (Fsp3) is 0.125. The first-order valence-corrected chi connectivity index (χ1v) is 7.10. The Kier molecular flexibility index (Phi) is 4.90. The monoisotopic (exact) mass is 302 g/mol. The Labute approximate surface area is 126 Å². The Hall–Kier alpha value is -2.40. The van der Waals surface area contributed by atoms with E-state index < -0.39 is 11.9 Å². The van der Waals surface area contributed by atoms with Crippen LogP contribution >= 0.6 is 11.3 Å². The Morgan fingerprint density at radius 1 is 1.14 bits per heavy atom. The number of methoxy groups -OCH3 is 1. The predicted molar refractivity (Wildman–Crippen MR) is 81.5 cm³/mol. The van der Waals surface area contributed by atoms with E-state index in [1.807, 2.05) is 18.4 Å². The van der Waals surface area contributed by atoms with Crippen LogP contribution in [-0.4, -0.2) is 19.0 Å². The fourth-order valence-corrected chi connectivity index (χ4v) is 2.45. The number of hydrogen-bond acceptors (Lipinski definition) is 5. The van der Waals surface area contributed by atoms with Crippen molar-refractivity contribution in [2.24, 2.45) is 0 Å². The zero-order valence-corrected chi connectivity index (χ0v) is 12.5. The number of carbonyl (C=O) groups excluding carboxylic acids is 2. The summed E-state index contributed by atoms with van der Waals surface area (Å²) in [4.78, 5) is 24.0. The number of thiophene rings is 1. The highest BCUT2D eigenvalue weighted by Crippen LogP contribution is 2.17. The van der Waals surface area contributed by atoms with E-state index in [1.54, 1.807) is 41.7 Å². The van der Waals surface area contributed by atoms with E-state index in [-0.39, 0.29) is 0 Å². The first-order chi connectivity index (χ1) is 10.1. The molecular weight excluding hydrogens is 288 g/mol. The van der Waals surface area contributed by atoms with E-state index in [0.29, 0.717) is 11.3 Å². The largest absolute Gasteiger partial charge is 0.465 e. The third-order valence-corrected chi connectivity index (χ3v) is 3.75. The summed E-state index contributed by atoms with van der Waals surface area (Å²) in [6, 6.07) is 8.17. The summed E-state index contributed by atoms with van der Waals surface area (Å²) in [7, 11) is 1.31. The van der Waals surface area contributed by atoms with Crippen molar-refractivity contribution in [3.8, 4) is 5.75 Å². The number of aryl methyl sites for hydroxylation is 1. The van der Waals surface area contributed by atoms with Gasteiger partial charge < -0.3 is 9.47 Å². The van der Waals surface area contributed by atoms with Crippen molar-refractivity contribution < 1.29 is 19.1 Å². The lowest BCUT2D eigenvalue weighted by atomic mass is 10.2. The fourth-order valence-electron chi connectivity index (χ4n) is 1.63. The van der Waals surface area contributed by atoms with Crippen molar-refractivity contribution in [3.63, 3.8) is 0 Å². The molecule has 0 fully saturated rings. The highest BCUT2D eigenvalue weighted by Gasteiger charge is 2.06. The molecule has 21 heavy (non-hydrogen) atoms. The van der Waals surface area contributed by atoms with Gasteiger partial charge >= 0.3 is 11.9 Å². The molecule has 1 aromatic heterocycles. The molecule has 108 valence electrons. The Morgan fingerprint density at radius 3 is 2.43 bits per heavy atom. The third kappa shape index (κ3) is 4.03. The van der Waals surface area contributed by atoms with Crippen LogP contribution in [0.25, 0.3) is 6.08 Å². The van der Waals surface area contributed by atoms with Crippen molar-refractivity contribution in [2.75, 3.05) is 7.11 Å². The Morgan fingerprint density at radius 2 is 1.86 bits per heavy atom. The molecule has 2 rings (SSSR count). The van der Waals surface area contributed by atoms with Crippen LogP contribution in [0.5, 0.6) is 5.75 Å². The molecule has 0 aliphatic heterocycles. The maximum atomic E-state index is 11.7. The first kappa shape index (κ1) is 15.0. The minimum Gasteiger partial charge on any atom is -0.465 e. The van der Waals surface area contributed by atoms with Gasteiger partial charge in [-0.05, 0) is 54.3 Å². The van der Waals surface area contributed by atoms with Gasteiger partial charge in [-0.15, -0.1) is 11.3 Å². The quantitative estimate of drug-likeness (QED) is 0.493. The molecule has 0 aliphatic rings. The van der Waals surface area contributed by atoms with E-state index in [2.05, 4.69) is 4.74 Å². The van der Waals surface area contributed by atoms with E-state index in [0.717, 1.165) is 10.4 Å². The van der Waals surface area contributed by atoms with Crippen LogP contribution in [0.3, 0.4) is 0 Å². The van der Waals surface area contributed by atoms with Gasteiger partial charge in [0.25, 0.3) is 0 Å². The van der Waals surface area contributed by atoms with Crippen molar-refractivity contribution in [3.05, 3.63) is 57.8 Å². The predicted octanol–water partition coefficient (Wildman–Crippen LogP) is 3.46. The normalized spacial score (nSPS) is 10.6. The van der Waals surface area contributed by atoms with Gasteiger partial charge in [-0.25, -0.2) is 9.59 Å². The highest BCUT2D eigenvalue weighted by atomic mass is 32.1. The number of rotatable bonds is 4. The van der Waals surface area contributed by atoms with Gasteiger partial charge in [-0.2, -0.15) is 0 Å². The van der Waals surface area contributed by atoms with E-state index in [1.165, 1.54) is 13.2 Å². The molecule has 1 heterocycles. The summed E-state index contributed by atoms with van der Waals surface area (Å²) in [6.07, 6.45) is 3.11. The van der Waals surface area contributed by atoms with Crippen LogP contribution in [0.4, 0.5) is 0 Å². The molecule has 0 radical (unpaired) electrons. The SMILES string of the molecule is COC(=O)c1ccc(OC(=O)/C=C/c2sccc2C)cc1. The van der Waals surface area contributed by atoms with Gasteiger partial charge in [0.1, 0.15) is 5.75 Å². The van der Waals surface area contributed by atoms with Crippen molar-refractivity contribution in [2.45, 2.75) is 6.92 Å². The second-order valence-corrected chi connectivity index (χ2v) is 5.19. The lowest BCUT2D eigenvalue weighted by Crippen LogP contribution is -2.05. The van der Waals surface area contributed by atoms with Crippen LogP contribution in [0.1, 0.15) is 20.8 Å². The topological polar surface area (TPSA) is 52.6 Å². The van der Waals surface area contributed by atoms with Crippen molar-refractivity contribution in [1.29, 1.82) is 0 Å². The number of carbonyl (C=O) groups is 2. The molecule has 2 aromatic rings. The second kappa shape index (κ2) is 6.85. The summed E-state index contributed by atoms with van der Waals surface area (Å²) < 4.78 is 9.74. The molecule has 0 spiro atoms. The van der Waals surface area contributed by atoms with E-state index >= 15 is 0 Å². The highest BCUT2D eigenvalue weighted by molar-refractivity contribution is 7.11. The third-order valence-electron chi connectivity index (χ3n) is 2.77. The molecular formula is C16H14O4S. The lowest BCUT2D eigenvalue weighted by Gasteiger charge is -2.02. The smallest absolute Gasteiger partial charge is 0.337 e.